The normalized spacial score (nSPS) is 10.2. The Balaban J connectivity index is 2.46. The third-order valence-electron chi connectivity index (χ3n) is 2.43. The Morgan fingerprint density at radius 1 is 1.44 bits per heavy atom. The quantitative estimate of drug-likeness (QED) is 0.829. The summed E-state index contributed by atoms with van der Waals surface area (Å²) in [5.41, 5.74) is 1.23. The topological polar surface area (TPSA) is 20.3 Å². The van der Waals surface area contributed by atoms with E-state index in [-0.39, 0.29) is 5.91 Å². The Hall–Kier alpha value is -0.480. The number of amides is 1. The molecule has 1 rings (SSSR count). The summed E-state index contributed by atoms with van der Waals surface area (Å²) in [6.07, 6.45) is 1.38. The predicted octanol–water partition coefficient (Wildman–Crippen LogP) is 2.77. The molecule has 88 valence electrons. The van der Waals surface area contributed by atoms with Crippen molar-refractivity contribution in [1.82, 2.24) is 4.90 Å². The molecule has 0 spiro atoms. The van der Waals surface area contributed by atoms with Gasteiger partial charge in [0.1, 0.15) is 0 Å². The van der Waals surface area contributed by atoms with Crippen LogP contribution in [0.5, 0.6) is 0 Å². The third kappa shape index (κ3) is 4.18. The first-order valence-electron chi connectivity index (χ1n) is 5.23. The summed E-state index contributed by atoms with van der Waals surface area (Å²) in [5.74, 6) is 0.764. The minimum Gasteiger partial charge on any atom is -0.345 e. The fourth-order valence-corrected chi connectivity index (χ4v) is 2.07. The number of rotatable bonds is 5. The van der Waals surface area contributed by atoms with E-state index in [1.54, 1.807) is 4.90 Å². The maximum Gasteiger partial charge on any atom is 0.223 e. The fraction of sp³-hybridized carbons (Fsp3) is 0.417. The summed E-state index contributed by atoms with van der Waals surface area (Å²) in [7, 11) is 1.84. The van der Waals surface area contributed by atoms with E-state index < -0.39 is 0 Å². The standard InChI is InChI=1S/C12H16BrNOS/c1-14(12(15)7-9-16)8-6-10-4-2-3-5-11(10)13/h2-5,16H,6-9H2,1H3. The van der Waals surface area contributed by atoms with Gasteiger partial charge in [-0.15, -0.1) is 0 Å². The van der Waals surface area contributed by atoms with Gasteiger partial charge >= 0.3 is 0 Å². The molecule has 1 amide bonds. The van der Waals surface area contributed by atoms with Crippen molar-refractivity contribution in [1.29, 1.82) is 0 Å². The molecule has 0 heterocycles. The minimum atomic E-state index is 0.155. The van der Waals surface area contributed by atoms with Crippen LogP contribution in [0.25, 0.3) is 0 Å². The van der Waals surface area contributed by atoms with Crippen LogP contribution in [0.2, 0.25) is 0 Å². The van der Waals surface area contributed by atoms with Gasteiger partial charge in [-0.2, -0.15) is 12.6 Å². The summed E-state index contributed by atoms with van der Waals surface area (Å²) in [6.45, 7) is 0.745. The number of halogens is 1. The highest BCUT2D eigenvalue weighted by molar-refractivity contribution is 9.10. The van der Waals surface area contributed by atoms with Gasteiger partial charge in [0, 0.05) is 24.5 Å². The van der Waals surface area contributed by atoms with Crippen molar-refractivity contribution in [2.24, 2.45) is 0 Å². The zero-order valence-corrected chi connectivity index (χ0v) is 11.8. The van der Waals surface area contributed by atoms with Gasteiger partial charge in [-0.25, -0.2) is 0 Å². The molecule has 0 aliphatic heterocycles. The Kier molecular flexibility index (Phi) is 5.91. The number of hydrogen-bond donors (Lipinski definition) is 1. The molecule has 0 aliphatic carbocycles. The molecule has 1 aromatic rings. The number of carbonyl (C=O) groups excluding carboxylic acids is 1. The van der Waals surface area contributed by atoms with E-state index in [2.05, 4.69) is 34.6 Å². The van der Waals surface area contributed by atoms with Gasteiger partial charge in [-0.1, -0.05) is 34.1 Å². The maximum atomic E-state index is 11.5. The predicted molar refractivity (Wildman–Crippen MR) is 74.0 cm³/mol. The average molecular weight is 302 g/mol. The van der Waals surface area contributed by atoms with E-state index in [0.717, 1.165) is 17.4 Å². The molecule has 0 saturated carbocycles. The van der Waals surface area contributed by atoms with Crippen LogP contribution in [-0.2, 0) is 11.2 Å². The molecule has 0 aliphatic rings. The second-order valence-corrected chi connectivity index (χ2v) is 4.93. The van der Waals surface area contributed by atoms with Crippen LogP contribution < -0.4 is 0 Å². The monoisotopic (exact) mass is 301 g/mol. The van der Waals surface area contributed by atoms with Gasteiger partial charge in [0.2, 0.25) is 5.91 Å². The number of carbonyl (C=O) groups is 1. The smallest absolute Gasteiger partial charge is 0.223 e. The van der Waals surface area contributed by atoms with E-state index in [0.29, 0.717) is 12.2 Å². The van der Waals surface area contributed by atoms with Crippen molar-refractivity contribution in [3.05, 3.63) is 34.3 Å². The lowest BCUT2D eigenvalue weighted by atomic mass is 10.1. The molecule has 0 radical (unpaired) electrons. The lowest BCUT2D eigenvalue weighted by Crippen LogP contribution is -2.28. The third-order valence-corrected chi connectivity index (χ3v) is 3.42. The van der Waals surface area contributed by atoms with Crippen LogP contribution >= 0.6 is 28.6 Å². The van der Waals surface area contributed by atoms with Gasteiger partial charge in [0.25, 0.3) is 0 Å². The van der Waals surface area contributed by atoms with Crippen LogP contribution in [0, 0.1) is 0 Å². The molecular formula is C12H16BrNOS. The van der Waals surface area contributed by atoms with Crippen molar-refractivity contribution in [2.45, 2.75) is 12.8 Å². The van der Waals surface area contributed by atoms with Gasteiger partial charge in [0.15, 0.2) is 0 Å². The second kappa shape index (κ2) is 6.97. The highest BCUT2D eigenvalue weighted by Gasteiger charge is 2.07. The van der Waals surface area contributed by atoms with Crippen LogP contribution in [0.3, 0.4) is 0 Å². The Morgan fingerprint density at radius 2 is 2.12 bits per heavy atom. The lowest BCUT2D eigenvalue weighted by Gasteiger charge is -2.17. The van der Waals surface area contributed by atoms with Gasteiger partial charge < -0.3 is 4.90 Å². The largest absolute Gasteiger partial charge is 0.345 e. The van der Waals surface area contributed by atoms with Crippen molar-refractivity contribution < 1.29 is 4.79 Å². The van der Waals surface area contributed by atoms with Crippen molar-refractivity contribution in [3.63, 3.8) is 0 Å². The van der Waals surface area contributed by atoms with Crippen LogP contribution in [-0.4, -0.2) is 30.2 Å². The molecule has 4 heteroatoms. The first-order valence-corrected chi connectivity index (χ1v) is 6.66. The highest BCUT2D eigenvalue weighted by atomic mass is 79.9. The summed E-state index contributed by atoms with van der Waals surface area (Å²) in [5, 5.41) is 0. The lowest BCUT2D eigenvalue weighted by molar-refractivity contribution is -0.129. The van der Waals surface area contributed by atoms with Crippen LogP contribution in [0.15, 0.2) is 28.7 Å². The highest BCUT2D eigenvalue weighted by Crippen LogP contribution is 2.16. The summed E-state index contributed by atoms with van der Waals surface area (Å²) in [6, 6.07) is 8.09. The van der Waals surface area contributed by atoms with Crippen LogP contribution in [0.1, 0.15) is 12.0 Å². The van der Waals surface area contributed by atoms with Crippen molar-refractivity contribution in [2.75, 3.05) is 19.3 Å². The molecule has 0 unspecified atom stereocenters. The van der Waals surface area contributed by atoms with E-state index in [4.69, 9.17) is 0 Å². The number of benzene rings is 1. The number of thiol groups is 1. The van der Waals surface area contributed by atoms with E-state index in [9.17, 15) is 4.79 Å². The SMILES string of the molecule is CN(CCc1ccccc1Br)C(=O)CCS. The molecule has 0 N–H and O–H groups in total. The van der Waals surface area contributed by atoms with Crippen molar-refractivity contribution >= 4 is 34.5 Å². The van der Waals surface area contributed by atoms with Crippen molar-refractivity contribution in [3.8, 4) is 0 Å². The number of nitrogens with zero attached hydrogens (tertiary/aromatic N) is 1. The van der Waals surface area contributed by atoms with Gasteiger partial charge in [-0.3, -0.25) is 4.79 Å². The van der Waals surface area contributed by atoms with Gasteiger partial charge in [-0.05, 0) is 23.8 Å². The zero-order valence-electron chi connectivity index (χ0n) is 9.32. The average Bonchev–Trinajstić information content (AvgIpc) is 2.28. The fourth-order valence-electron chi connectivity index (χ4n) is 1.40. The first-order chi connectivity index (χ1) is 7.65. The van der Waals surface area contributed by atoms with E-state index in [1.165, 1.54) is 5.56 Å². The summed E-state index contributed by atoms with van der Waals surface area (Å²) >= 11 is 7.55. The Bertz CT molecular complexity index is 357. The van der Waals surface area contributed by atoms with E-state index in [1.807, 2.05) is 25.2 Å². The molecule has 16 heavy (non-hydrogen) atoms. The molecule has 0 bridgehead atoms. The van der Waals surface area contributed by atoms with E-state index >= 15 is 0 Å². The summed E-state index contributed by atoms with van der Waals surface area (Å²) in [4.78, 5) is 13.3. The summed E-state index contributed by atoms with van der Waals surface area (Å²) < 4.78 is 1.10. The molecular weight excluding hydrogens is 286 g/mol. The number of likely N-dealkylation sites (N-methyl/N-ethyl adjacent to an activating group) is 1. The number of hydrogen-bond acceptors (Lipinski definition) is 2. The Labute approximate surface area is 111 Å². The molecule has 2 nitrogen and oxygen atoms in total. The Morgan fingerprint density at radius 3 is 2.75 bits per heavy atom. The first kappa shape index (κ1) is 13.6. The molecule has 0 atom stereocenters. The van der Waals surface area contributed by atoms with Crippen LogP contribution in [0.4, 0.5) is 0 Å². The molecule has 0 saturated heterocycles. The minimum absolute atomic E-state index is 0.155. The van der Waals surface area contributed by atoms with Gasteiger partial charge in [0.05, 0.1) is 0 Å². The molecule has 0 fully saturated rings. The molecule has 0 aromatic heterocycles. The maximum absolute atomic E-state index is 11.5. The molecule has 1 aromatic carbocycles. The second-order valence-electron chi connectivity index (χ2n) is 3.63. The zero-order chi connectivity index (χ0) is 12.0.